The molecule has 16 heavy (non-hydrogen) atoms. The zero-order valence-electron chi connectivity index (χ0n) is 9.26. The highest BCUT2D eigenvalue weighted by atomic mass is 127. The number of rotatable bonds is 2. The molecule has 0 bridgehead atoms. The Morgan fingerprint density at radius 1 is 1.50 bits per heavy atom. The molecular weight excluding hydrogens is 315 g/mol. The maximum absolute atomic E-state index is 5.78. The average molecular weight is 332 g/mol. The fourth-order valence-corrected chi connectivity index (χ4v) is 1.62. The van der Waals surface area contributed by atoms with Crippen molar-refractivity contribution < 1.29 is 0 Å². The molecule has 0 radical (unpaired) electrons. The van der Waals surface area contributed by atoms with Gasteiger partial charge in [0.2, 0.25) is 0 Å². The third kappa shape index (κ3) is 3.33. The second-order valence-electron chi connectivity index (χ2n) is 3.98. The van der Waals surface area contributed by atoms with Crippen LogP contribution in [0.3, 0.4) is 0 Å². The molecule has 0 amide bonds. The summed E-state index contributed by atoms with van der Waals surface area (Å²) in [6.07, 6.45) is 4.12. The average Bonchev–Trinajstić information content (AvgIpc) is 2.25. The number of pyridine rings is 1. The topological polar surface area (TPSA) is 63.3 Å². The maximum Gasteiger partial charge on any atom is 0.194 e. The van der Waals surface area contributed by atoms with Crippen molar-refractivity contribution in [3.63, 3.8) is 0 Å². The molecule has 0 aliphatic heterocycles. The lowest BCUT2D eigenvalue weighted by Gasteiger charge is -2.30. The van der Waals surface area contributed by atoms with Gasteiger partial charge in [0.1, 0.15) is 5.82 Å². The molecule has 3 N–H and O–H groups in total. The van der Waals surface area contributed by atoms with E-state index in [0.717, 1.165) is 12.2 Å². The number of anilines is 1. The first kappa shape index (κ1) is 13.2. The van der Waals surface area contributed by atoms with Crippen molar-refractivity contribution >= 4 is 35.8 Å². The number of aliphatic imine (C=N–C) groups is 1. The number of halogens is 1. The van der Waals surface area contributed by atoms with Gasteiger partial charge < -0.3 is 11.1 Å². The van der Waals surface area contributed by atoms with Crippen LogP contribution in [0.1, 0.15) is 19.8 Å². The summed E-state index contributed by atoms with van der Waals surface area (Å²) in [5.74, 6) is 1.87. The third-order valence-corrected chi connectivity index (χ3v) is 2.80. The largest absolute Gasteiger partial charge is 0.370 e. The van der Waals surface area contributed by atoms with Crippen LogP contribution in [-0.2, 0) is 0 Å². The Morgan fingerprint density at radius 3 is 2.81 bits per heavy atom. The van der Waals surface area contributed by atoms with Crippen molar-refractivity contribution in [2.75, 3.05) is 5.32 Å². The molecule has 2 atom stereocenters. The van der Waals surface area contributed by atoms with E-state index in [1.165, 1.54) is 6.42 Å². The molecule has 5 heteroatoms. The molecule has 1 aliphatic carbocycles. The lowest BCUT2D eigenvalue weighted by molar-refractivity contribution is 0.284. The maximum atomic E-state index is 5.78. The minimum atomic E-state index is 0. The van der Waals surface area contributed by atoms with Crippen molar-refractivity contribution in [1.82, 2.24) is 4.98 Å². The molecule has 0 aromatic carbocycles. The molecule has 1 aromatic heterocycles. The van der Waals surface area contributed by atoms with E-state index in [2.05, 4.69) is 22.2 Å². The van der Waals surface area contributed by atoms with Crippen LogP contribution in [-0.4, -0.2) is 17.0 Å². The number of aromatic nitrogens is 1. The fourth-order valence-electron chi connectivity index (χ4n) is 1.62. The number of nitrogens with zero attached hydrogens (tertiary/aromatic N) is 2. The molecule has 1 saturated carbocycles. The third-order valence-electron chi connectivity index (χ3n) is 2.80. The number of nitrogens with two attached hydrogens (primary N) is 1. The highest BCUT2D eigenvalue weighted by molar-refractivity contribution is 14.0. The van der Waals surface area contributed by atoms with Crippen LogP contribution in [0.2, 0.25) is 0 Å². The van der Waals surface area contributed by atoms with E-state index in [0.29, 0.717) is 17.9 Å². The number of hydrogen-bond acceptors (Lipinski definition) is 2. The molecule has 0 saturated heterocycles. The quantitative estimate of drug-likeness (QED) is 0.496. The summed E-state index contributed by atoms with van der Waals surface area (Å²) >= 11 is 0. The predicted molar refractivity (Wildman–Crippen MR) is 77.1 cm³/mol. The van der Waals surface area contributed by atoms with E-state index in [1.54, 1.807) is 6.20 Å². The lowest BCUT2D eigenvalue weighted by atomic mass is 9.82. The molecule has 4 nitrogen and oxygen atoms in total. The van der Waals surface area contributed by atoms with Crippen LogP contribution in [0.5, 0.6) is 0 Å². The van der Waals surface area contributed by atoms with Crippen molar-refractivity contribution in [3.05, 3.63) is 24.4 Å². The molecule has 1 aliphatic rings. The summed E-state index contributed by atoms with van der Waals surface area (Å²) in [6, 6.07) is 6.04. The van der Waals surface area contributed by atoms with Crippen LogP contribution in [0.4, 0.5) is 5.82 Å². The van der Waals surface area contributed by atoms with Crippen LogP contribution in [0.25, 0.3) is 0 Å². The van der Waals surface area contributed by atoms with Crippen LogP contribution < -0.4 is 11.1 Å². The SMILES string of the molecule is CC1CCC1N=C(N)Nc1ccccn1.I. The Kier molecular flexibility index (Phi) is 4.98. The van der Waals surface area contributed by atoms with Gasteiger partial charge in [0.05, 0.1) is 6.04 Å². The molecule has 2 rings (SSSR count). The van der Waals surface area contributed by atoms with Gasteiger partial charge in [0.15, 0.2) is 5.96 Å². The summed E-state index contributed by atoms with van der Waals surface area (Å²) in [6.45, 7) is 2.20. The van der Waals surface area contributed by atoms with Gasteiger partial charge in [0, 0.05) is 6.20 Å². The van der Waals surface area contributed by atoms with E-state index >= 15 is 0 Å². The first-order chi connectivity index (χ1) is 7.25. The monoisotopic (exact) mass is 332 g/mol. The summed E-state index contributed by atoms with van der Waals surface area (Å²) in [5.41, 5.74) is 5.78. The lowest BCUT2D eigenvalue weighted by Crippen LogP contribution is -2.32. The van der Waals surface area contributed by atoms with E-state index < -0.39 is 0 Å². The Morgan fingerprint density at radius 2 is 2.31 bits per heavy atom. The minimum absolute atomic E-state index is 0. The summed E-state index contributed by atoms with van der Waals surface area (Å²) in [4.78, 5) is 8.52. The van der Waals surface area contributed by atoms with Crippen LogP contribution >= 0.6 is 24.0 Å². The highest BCUT2D eigenvalue weighted by Gasteiger charge is 2.26. The second-order valence-corrected chi connectivity index (χ2v) is 3.98. The molecule has 1 aromatic rings. The van der Waals surface area contributed by atoms with Gasteiger partial charge in [-0.3, -0.25) is 0 Å². The fraction of sp³-hybridized carbons (Fsp3) is 0.455. The molecule has 0 spiro atoms. The van der Waals surface area contributed by atoms with E-state index in [4.69, 9.17) is 5.73 Å². The molecule has 1 fully saturated rings. The second kappa shape index (κ2) is 6.03. The standard InChI is InChI=1S/C11H16N4.HI/c1-8-5-6-9(8)14-11(12)15-10-4-2-3-7-13-10;/h2-4,7-9H,5-6H2,1H3,(H3,12,13,14,15);1H. The molecule has 1 heterocycles. The van der Waals surface area contributed by atoms with Crippen molar-refractivity contribution in [1.29, 1.82) is 0 Å². The zero-order chi connectivity index (χ0) is 10.7. The van der Waals surface area contributed by atoms with Crippen LogP contribution in [0.15, 0.2) is 29.4 Å². The number of guanidine groups is 1. The molecule has 2 unspecified atom stereocenters. The Labute approximate surface area is 113 Å². The normalized spacial score (nSPS) is 24.2. The van der Waals surface area contributed by atoms with Crippen molar-refractivity contribution in [3.8, 4) is 0 Å². The van der Waals surface area contributed by atoms with Gasteiger partial charge >= 0.3 is 0 Å². The van der Waals surface area contributed by atoms with E-state index in [9.17, 15) is 0 Å². The van der Waals surface area contributed by atoms with Gasteiger partial charge in [-0.1, -0.05) is 13.0 Å². The van der Waals surface area contributed by atoms with Gasteiger partial charge in [-0.05, 0) is 30.9 Å². The number of nitrogens with one attached hydrogen (secondary N) is 1. The summed E-state index contributed by atoms with van der Waals surface area (Å²) in [7, 11) is 0. The van der Waals surface area contributed by atoms with E-state index in [-0.39, 0.29) is 24.0 Å². The minimum Gasteiger partial charge on any atom is -0.370 e. The van der Waals surface area contributed by atoms with Gasteiger partial charge in [-0.15, -0.1) is 24.0 Å². The zero-order valence-corrected chi connectivity index (χ0v) is 11.6. The van der Waals surface area contributed by atoms with Crippen molar-refractivity contribution in [2.24, 2.45) is 16.6 Å². The Hall–Kier alpha value is -0.850. The van der Waals surface area contributed by atoms with Crippen molar-refractivity contribution in [2.45, 2.75) is 25.8 Å². The Balaban J connectivity index is 0.00000128. The van der Waals surface area contributed by atoms with E-state index in [1.807, 2.05) is 18.2 Å². The summed E-state index contributed by atoms with van der Waals surface area (Å²) < 4.78 is 0. The first-order valence-electron chi connectivity index (χ1n) is 5.27. The van der Waals surface area contributed by atoms with Gasteiger partial charge in [0.25, 0.3) is 0 Å². The summed E-state index contributed by atoms with van der Waals surface area (Å²) in [5, 5.41) is 2.98. The van der Waals surface area contributed by atoms with Gasteiger partial charge in [-0.2, -0.15) is 0 Å². The first-order valence-corrected chi connectivity index (χ1v) is 5.27. The van der Waals surface area contributed by atoms with Gasteiger partial charge in [-0.25, -0.2) is 9.98 Å². The smallest absolute Gasteiger partial charge is 0.194 e. The molecular formula is C11H17IN4. The Bertz CT molecular complexity index is 352. The van der Waals surface area contributed by atoms with Crippen LogP contribution in [0, 0.1) is 5.92 Å². The predicted octanol–water partition coefficient (Wildman–Crippen LogP) is 2.22. The molecule has 88 valence electrons. The number of hydrogen-bond donors (Lipinski definition) is 2. The highest BCUT2D eigenvalue weighted by Crippen LogP contribution is 2.29.